The summed E-state index contributed by atoms with van der Waals surface area (Å²) in [7, 11) is 0. The van der Waals surface area contributed by atoms with Crippen molar-refractivity contribution in [2.75, 3.05) is 13.2 Å². The van der Waals surface area contributed by atoms with Crippen LogP contribution in [0.2, 0.25) is 0 Å². The topological polar surface area (TPSA) is 52.5 Å². The van der Waals surface area contributed by atoms with Crippen LogP contribution in [-0.4, -0.2) is 29.0 Å². The molecule has 90 valence electrons. The maximum Gasteiger partial charge on any atom is 0.123 e. The van der Waals surface area contributed by atoms with Crippen molar-refractivity contribution in [2.24, 2.45) is 0 Å². The van der Waals surface area contributed by atoms with E-state index in [1.807, 2.05) is 6.92 Å². The van der Waals surface area contributed by atoms with Crippen LogP contribution in [0.1, 0.15) is 25.5 Å². The minimum Gasteiger partial charge on any atom is -0.394 e. The van der Waals surface area contributed by atoms with Gasteiger partial charge in [-0.25, -0.2) is 4.39 Å². The second-order valence-corrected chi connectivity index (χ2v) is 4.29. The Bertz CT molecular complexity index is 322. The van der Waals surface area contributed by atoms with Crippen LogP contribution in [0.15, 0.2) is 24.3 Å². The molecule has 3 N–H and O–H groups in total. The monoisotopic (exact) mass is 227 g/mol. The Labute approximate surface area is 94.9 Å². The van der Waals surface area contributed by atoms with Crippen LogP contribution in [0.3, 0.4) is 0 Å². The maximum atomic E-state index is 12.7. The number of hydrogen-bond donors (Lipinski definition) is 3. The summed E-state index contributed by atoms with van der Waals surface area (Å²) in [6.45, 7) is 3.31. The molecule has 16 heavy (non-hydrogen) atoms. The van der Waals surface area contributed by atoms with Crippen LogP contribution in [-0.2, 0) is 0 Å². The summed E-state index contributed by atoms with van der Waals surface area (Å²) in [5.41, 5.74) is 0.183. The highest BCUT2D eigenvalue weighted by Gasteiger charge is 2.24. The van der Waals surface area contributed by atoms with Gasteiger partial charge in [0.2, 0.25) is 0 Å². The first-order valence-electron chi connectivity index (χ1n) is 5.25. The predicted molar refractivity (Wildman–Crippen MR) is 60.5 cm³/mol. The van der Waals surface area contributed by atoms with Gasteiger partial charge in [-0.2, -0.15) is 0 Å². The first-order valence-corrected chi connectivity index (χ1v) is 5.25. The third-order valence-corrected chi connectivity index (χ3v) is 2.63. The lowest BCUT2D eigenvalue weighted by atomic mass is 10.0. The highest BCUT2D eigenvalue weighted by atomic mass is 19.1. The molecule has 0 radical (unpaired) electrons. The third-order valence-electron chi connectivity index (χ3n) is 2.63. The molecule has 0 spiro atoms. The van der Waals surface area contributed by atoms with E-state index in [1.165, 1.54) is 12.1 Å². The number of halogens is 1. The zero-order valence-corrected chi connectivity index (χ0v) is 9.57. The van der Waals surface area contributed by atoms with Crippen molar-refractivity contribution >= 4 is 0 Å². The van der Waals surface area contributed by atoms with Crippen molar-refractivity contribution in [1.29, 1.82) is 0 Å². The quantitative estimate of drug-likeness (QED) is 0.709. The predicted octanol–water partition coefficient (Wildman–Crippen LogP) is 1.22. The van der Waals surface area contributed by atoms with E-state index < -0.39 is 5.54 Å². The lowest BCUT2D eigenvalue weighted by Crippen LogP contribution is -2.49. The summed E-state index contributed by atoms with van der Waals surface area (Å²) < 4.78 is 12.7. The molecule has 0 heterocycles. The molecule has 4 heteroatoms. The molecule has 0 bridgehead atoms. The van der Waals surface area contributed by atoms with Crippen LogP contribution in [0.4, 0.5) is 4.39 Å². The van der Waals surface area contributed by atoms with Gasteiger partial charge in [0.1, 0.15) is 5.82 Å². The molecular weight excluding hydrogens is 209 g/mol. The third kappa shape index (κ3) is 3.27. The summed E-state index contributed by atoms with van der Waals surface area (Å²) in [6, 6.07) is 6.08. The van der Waals surface area contributed by atoms with E-state index in [2.05, 4.69) is 5.32 Å². The van der Waals surface area contributed by atoms with Gasteiger partial charge in [-0.3, -0.25) is 0 Å². The molecular formula is C12H18FNO2. The van der Waals surface area contributed by atoms with Crippen molar-refractivity contribution in [1.82, 2.24) is 5.32 Å². The summed E-state index contributed by atoms with van der Waals surface area (Å²) in [4.78, 5) is 0. The van der Waals surface area contributed by atoms with Gasteiger partial charge in [0.15, 0.2) is 0 Å². The van der Waals surface area contributed by atoms with Gasteiger partial charge in [0, 0.05) is 6.04 Å². The molecule has 1 atom stereocenters. The van der Waals surface area contributed by atoms with E-state index in [0.29, 0.717) is 0 Å². The fraction of sp³-hybridized carbons (Fsp3) is 0.500. The van der Waals surface area contributed by atoms with E-state index in [1.54, 1.807) is 19.1 Å². The summed E-state index contributed by atoms with van der Waals surface area (Å²) in [6.07, 6.45) is 0. The molecule has 0 aromatic heterocycles. The van der Waals surface area contributed by atoms with Gasteiger partial charge in [-0.05, 0) is 31.5 Å². The fourth-order valence-corrected chi connectivity index (χ4v) is 1.50. The van der Waals surface area contributed by atoms with Gasteiger partial charge in [0.05, 0.1) is 18.8 Å². The molecule has 0 saturated heterocycles. The maximum absolute atomic E-state index is 12.7. The fourth-order valence-electron chi connectivity index (χ4n) is 1.50. The van der Waals surface area contributed by atoms with Crippen LogP contribution in [0.5, 0.6) is 0 Å². The average molecular weight is 227 g/mol. The lowest BCUT2D eigenvalue weighted by Gasteiger charge is -2.30. The smallest absolute Gasteiger partial charge is 0.123 e. The highest BCUT2D eigenvalue weighted by Crippen LogP contribution is 2.16. The number of nitrogens with one attached hydrogen (secondary N) is 1. The van der Waals surface area contributed by atoms with E-state index >= 15 is 0 Å². The Hall–Kier alpha value is -0.970. The van der Waals surface area contributed by atoms with Crippen molar-refractivity contribution in [2.45, 2.75) is 25.4 Å². The zero-order chi connectivity index (χ0) is 12.2. The molecule has 1 unspecified atom stereocenters. The molecule has 3 nitrogen and oxygen atoms in total. The summed E-state index contributed by atoms with van der Waals surface area (Å²) in [5, 5.41) is 21.4. The molecule has 1 aromatic rings. The second kappa shape index (κ2) is 5.39. The zero-order valence-electron chi connectivity index (χ0n) is 9.57. The van der Waals surface area contributed by atoms with E-state index in [-0.39, 0.29) is 25.1 Å². The molecule has 0 fully saturated rings. The number of hydrogen-bond acceptors (Lipinski definition) is 3. The van der Waals surface area contributed by atoms with Crippen LogP contribution in [0.25, 0.3) is 0 Å². The Morgan fingerprint density at radius 1 is 1.25 bits per heavy atom. The number of rotatable bonds is 5. The molecule has 0 amide bonds. The minimum absolute atomic E-state index is 0.0649. The minimum atomic E-state index is -0.728. The van der Waals surface area contributed by atoms with Gasteiger partial charge in [-0.15, -0.1) is 0 Å². The molecule has 0 aliphatic rings. The van der Waals surface area contributed by atoms with Crippen LogP contribution < -0.4 is 5.32 Å². The van der Waals surface area contributed by atoms with E-state index in [0.717, 1.165) is 5.56 Å². The van der Waals surface area contributed by atoms with Crippen molar-refractivity contribution < 1.29 is 14.6 Å². The van der Waals surface area contributed by atoms with Crippen molar-refractivity contribution in [3.05, 3.63) is 35.6 Å². The first kappa shape index (κ1) is 13.1. The normalized spacial score (nSPS) is 13.8. The molecule has 1 aromatic carbocycles. The number of aliphatic hydroxyl groups is 2. The molecule has 0 aliphatic carbocycles. The van der Waals surface area contributed by atoms with Crippen molar-refractivity contribution in [3.8, 4) is 0 Å². The lowest BCUT2D eigenvalue weighted by molar-refractivity contribution is 0.0957. The standard InChI is InChI=1S/C12H18FNO2/c1-9(14-12(2,7-15)8-16)10-3-5-11(13)6-4-10/h3-6,9,14-16H,7-8H2,1-2H3. The van der Waals surface area contributed by atoms with Crippen molar-refractivity contribution in [3.63, 3.8) is 0 Å². The summed E-state index contributed by atoms with van der Waals surface area (Å²) >= 11 is 0. The Morgan fingerprint density at radius 3 is 2.19 bits per heavy atom. The molecule has 1 rings (SSSR count). The second-order valence-electron chi connectivity index (χ2n) is 4.29. The SMILES string of the molecule is CC(NC(C)(CO)CO)c1ccc(F)cc1. The Morgan fingerprint density at radius 2 is 1.75 bits per heavy atom. The first-order chi connectivity index (χ1) is 7.50. The summed E-state index contributed by atoms with van der Waals surface area (Å²) in [5.74, 6) is -0.275. The molecule has 0 saturated carbocycles. The van der Waals surface area contributed by atoms with Gasteiger partial charge >= 0.3 is 0 Å². The number of aliphatic hydroxyl groups excluding tert-OH is 2. The van der Waals surface area contributed by atoms with Crippen LogP contribution in [0, 0.1) is 5.82 Å². The Kier molecular flexibility index (Phi) is 4.41. The van der Waals surface area contributed by atoms with Gasteiger partial charge in [0.25, 0.3) is 0 Å². The Balaban J connectivity index is 2.71. The van der Waals surface area contributed by atoms with Crippen LogP contribution >= 0.6 is 0 Å². The average Bonchev–Trinajstić information content (AvgIpc) is 2.29. The number of benzene rings is 1. The largest absolute Gasteiger partial charge is 0.394 e. The van der Waals surface area contributed by atoms with E-state index in [4.69, 9.17) is 10.2 Å². The molecule has 0 aliphatic heterocycles. The van der Waals surface area contributed by atoms with Gasteiger partial charge in [-0.1, -0.05) is 12.1 Å². The van der Waals surface area contributed by atoms with E-state index in [9.17, 15) is 4.39 Å². The van der Waals surface area contributed by atoms with Gasteiger partial charge < -0.3 is 15.5 Å². The highest BCUT2D eigenvalue weighted by molar-refractivity contribution is 5.19.